The molecule has 10 nitrogen and oxygen atoms in total. The molecule has 5 rings (SSSR count). The number of hydrogen-bond acceptors (Lipinski definition) is 9. The molecule has 42 heavy (non-hydrogen) atoms. The Morgan fingerprint density at radius 3 is 2.60 bits per heavy atom. The molecule has 1 aliphatic heterocycles. The molecule has 2 aromatic carbocycles. The minimum absolute atomic E-state index is 0.0585. The summed E-state index contributed by atoms with van der Waals surface area (Å²) in [5.74, 6) is -0.260. The molecule has 0 unspecified atom stereocenters. The van der Waals surface area contributed by atoms with Crippen LogP contribution < -0.4 is 15.4 Å². The lowest BCUT2D eigenvalue weighted by Crippen LogP contribution is -2.25. The maximum atomic E-state index is 13.2. The number of nitrogens with one attached hydrogen (secondary N) is 2. The molecule has 0 fully saturated rings. The van der Waals surface area contributed by atoms with E-state index in [1.165, 1.54) is 41.7 Å². The van der Waals surface area contributed by atoms with Crippen molar-refractivity contribution in [3.8, 4) is 16.5 Å². The van der Waals surface area contributed by atoms with Gasteiger partial charge >= 0.3 is 0 Å². The molecular formula is C30H31N5O5S2. The van der Waals surface area contributed by atoms with Crippen LogP contribution in [0.15, 0.2) is 76.8 Å². The highest BCUT2D eigenvalue weighted by Gasteiger charge is 2.31. The van der Waals surface area contributed by atoms with Crippen LogP contribution in [0.2, 0.25) is 0 Å². The average molecular weight is 606 g/mol. The topological polar surface area (TPSA) is 131 Å². The SMILES string of the molecule is CCN(CC)CCCOc1ccc(-c2ncc(CNC(=O)c3ccc4c(c3)NC(=O)c3ccccc3S4(=O)=O)s2)nc1. The quantitative estimate of drug-likeness (QED) is 0.237. The lowest BCUT2D eigenvalue weighted by Gasteiger charge is -2.17. The highest BCUT2D eigenvalue weighted by Crippen LogP contribution is 2.34. The second-order valence-corrected chi connectivity index (χ2v) is 12.6. The number of aromatic nitrogens is 2. The Morgan fingerprint density at radius 2 is 1.83 bits per heavy atom. The smallest absolute Gasteiger partial charge is 0.257 e. The van der Waals surface area contributed by atoms with Crippen LogP contribution in [0.25, 0.3) is 10.7 Å². The summed E-state index contributed by atoms with van der Waals surface area (Å²) in [7, 11) is -3.94. The summed E-state index contributed by atoms with van der Waals surface area (Å²) >= 11 is 1.41. The second-order valence-electron chi connectivity index (χ2n) is 9.59. The molecule has 2 amide bonds. The van der Waals surface area contributed by atoms with E-state index >= 15 is 0 Å². The first-order valence-electron chi connectivity index (χ1n) is 13.6. The number of fused-ring (bicyclic) bond motifs is 2. The van der Waals surface area contributed by atoms with E-state index in [0.717, 1.165) is 30.9 Å². The number of pyridine rings is 1. The van der Waals surface area contributed by atoms with Crippen LogP contribution in [0.5, 0.6) is 5.75 Å². The first kappa shape index (κ1) is 29.4. The van der Waals surface area contributed by atoms with Gasteiger partial charge in [0.05, 0.1) is 46.1 Å². The van der Waals surface area contributed by atoms with E-state index in [0.29, 0.717) is 23.1 Å². The first-order chi connectivity index (χ1) is 20.3. The minimum atomic E-state index is -3.94. The minimum Gasteiger partial charge on any atom is -0.492 e. The van der Waals surface area contributed by atoms with Crippen molar-refractivity contribution in [3.05, 3.63) is 83.0 Å². The highest BCUT2D eigenvalue weighted by molar-refractivity contribution is 7.91. The number of rotatable bonds is 11. The van der Waals surface area contributed by atoms with E-state index in [9.17, 15) is 18.0 Å². The zero-order valence-corrected chi connectivity index (χ0v) is 24.9. The molecule has 218 valence electrons. The van der Waals surface area contributed by atoms with Crippen LogP contribution in [0.3, 0.4) is 0 Å². The van der Waals surface area contributed by atoms with Gasteiger partial charge in [-0.2, -0.15) is 0 Å². The Morgan fingerprint density at radius 1 is 1.02 bits per heavy atom. The van der Waals surface area contributed by atoms with Gasteiger partial charge in [-0.25, -0.2) is 18.4 Å². The van der Waals surface area contributed by atoms with Crippen LogP contribution in [-0.2, 0) is 16.4 Å². The summed E-state index contributed by atoms with van der Waals surface area (Å²) in [6.45, 7) is 8.20. The molecule has 4 aromatic rings. The fourth-order valence-electron chi connectivity index (χ4n) is 4.59. The normalized spacial score (nSPS) is 13.5. The van der Waals surface area contributed by atoms with E-state index in [2.05, 4.69) is 39.3 Å². The second kappa shape index (κ2) is 12.8. The zero-order chi connectivity index (χ0) is 29.7. The molecule has 12 heteroatoms. The number of amides is 2. The van der Waals surface area contributed by atoms with Gasteiger partial charge in [0.25, 0.3) is 11.8 Å². The van der Waals surface area contributed by atoms with Crippen molar-refractivity contribution >= 4 is 38.7 Å². The molecular weight excluding hydrogens is 574 g/mol. The Kier molecular flexibility index (Phi) is 8.95. The first-order valence-corrected chi connectivity index (χ1v) is 15.9. The van der Waals surface area contributed by atoms with Gasteiger partial charge in [-0.1, -0.05) is 26.0 Å². The lowest BCUT2D eigenvalue weighted by molar-refractivity contribution is 0.0949. The van der Waals surface area contributed by atoms with Gasteiger partial charge in [0, 0.05) is 23.2 Å². The molecule has 0 radical (unpaired) electrons. The van der Waals surface area contributed by atoms with E-state index in [-0.39, 0.29) is 33.2 Å². The fraction of sp³-hybridized carbons (Fsp3) is 0.267. The maximum absolute atomic E-state index is 13.2. The van der Waals surface area contributed by atoms with Crippen LogP contribution in [0.1, 0.15) is 45.9 Å². The average Bonchev–Trinajstić information content (AvgIpc) is 3.46. The molecule has 0 spiro atoms. The monoisotopic (exact) mass is 605 g/mol. The number of hydrogen-bond donors (Lipinski definition) is 2. The van der Waals surface area contributed by atoms with Crippen molar-refractivity contribution in [2.24, 2.45) is 0 Å². The van der Waals surface area contributed by atoms with Gasteiger partial charge in [-0.15, -0.1) is 11.3 Å². The third-order valence-corrected chi connectivity index (χ3v) is 9.80. The number of anilines is 1. The predicted octanol–water partition coefficient (Wildman–Crippen LogP) is 4.64. The lowest BCUT2D eigenvalue weighted by atomic mass is 10.1. The van der Waals surface area contributed by atoms with Crippen molar-refractivity contribution < 1.29 is 22.7 Å². The standard InChI is InChI=1S/C30H31N5O5S2/c1-3-35(4-2)14-7-15-40-21-11-12-24(31-17-21)30-33-19-22(41-30)18-32-28(36)20-10-13-27-25(16-20)34-29(37)23-8-5-6-9-26(23)42(27,38)39/h5-6,8-13,16-17,19H,3-4,7,14-15,18H2,1-2H3,(H,32,36)(H,34,37). The van der Waals surface area contributed by atoms with Crippen LogP contribution in [0.4, 0.5) is 5.69 Å². The van der Waals surface area contributed by atoms with Crippen molar-refractivity contribution in [3.63, 3.8) is 0 Å². The van der Waals surface area contributed by atoms with E-state index in [4.69, 9.17) is 4.74 Å². The van der Waals surface area contributed by atoms with Gasteiger partial charge in [0.15, 0.2) is 0 Å². The molecule has 0 aliphatic carbocycles. The van der Waals surface area contributed by atoms with Crippen molar-refractivity contribution in [1.82, 2.24) is 20.2 Å². The Hall–Kier alpha value is -4.13. The Bertz CT molecular complexity index is 1700. The zero-order valence-electron chi connectivity index (χ0n) is 23.3. The number of ether oxygens (including phenoxy) is 1. The van der Waals surface area contributed by atoms with Gasteiger partial charge in [-0.3, -0.25) is 9.59 Å². The summed E-state index contributed by atoms with van der Waals surface area (Å²) in [5.41, 5.74) is 1.04. The van der Waals surface area contributed by atoms with E-state index in [1.54, 1.807) is 24.5 Å². The maximum Gasteiger partial charge on any atom is 0.257 e. The molecule has 3 heterocycles. The van der Waals surface area contributed by atoms with Crippen LogP contribution >= 0.6 is 11.3 Å². The predicted molar refractivity (Wildman–Crippen MR) is 161 cm³/mol. The summed E-state index contributed by atoms with van der Waals surface area (Å²) in [4.78, 5) is 37.6. The largest absolute Gasteiger partial charge is 0.492 e. The van der Waals surface area contributed by atoms with Crippen molar-refractivity contribution in [2.75, 3.05) is 31.6 Å². The number of thiazole rings is 1. The molecule has 0 saturated carbocycles. The molecule has 0 bridgehead atoms. The molecule has 2 N–H and O–H groups in total. The third-order valence-electron chi connectivity index (χ3n) is 6.91. The molecule has 0 saturated heterocycles. The summed E-state index contributed by atoms with van der Waals surface area (Å²) in [5, 5.41) is 6.17. The third kappa shape index (κ3) is 6.35. The molecule has 2 aromatic heterocycles. The molecule has 0 atom stereocenters. The highest BCUT2D eigenvalue weighted by atomic mass is 32.2. The number of sulfone groups is 1. The summed E-state index contributed by atoms with van der Waals surface area (Å²) < 4.78 is 32.2. The van der Waals surface area contributed by atoms with Crippen LogP contribution in [-0.4, -0.2) is 61.3 Å². The van der Waals surface area contributed by atoms with Gasteiger partial charge in [0.2, 0.25) is 9.84 Å². The van der Waals surface area contributed by atoms with Crippen molar-refractivity contribution in [1.29, 1.82) is 0 Å². The number of nitrogens with zero attached hydrogens (tertiary/aromatic N) is 3. The van der Waals surface area contributed by atoms with Gasteiger partial charge < -0.3 is 20.3 Å². The summed E-state index contributed by atoms with van der Waals surface area (Å²) in [6, 6.07) is 13.9. The van der Waals surface area contributed by atoms with E-state index in [1.807, 2.05) is 12.1 Å². The number of benzene rings is 2. The fourth-order valence-corrected chi connectivity index (χ4v) is 7.01. The Labute approximate surface area is 248 Å². The number of carbonyl (C=O) groups is 2. The Balaban J connectivity index is 1.19. The molecule has 1 aliphatic rings. The summed E-state index contributed by atoms with van der Waals surface area (Å²) in [6.07, 6.45) is 4.31. The van der Waals surface area contributed by atoms with Gasteiger partial charge in [0.1, 0.15) is 10.8 Å². The van der Waals surface area contributed by atoms with Crippen molar-refractivity contribution in [2.45, 2.75) is 36.6 Å². The van der Waals surface area contributed by atoms with E-state index < -0.39 is 21.7 Å². The number of carbonyl (C=O) groups excluding carboxylic acids is 2. The van der Waals surface area contributed by atoms with Crippen LogP contribution in [0, 0.1) is 0 Å². The van der Waals surface area contributed by atoms with Gasteiger partial charge in [-0.05, 0) is 62.0 Å².